The number of nitrogens with one attached hydrogen (secondary N) is 1. The minimum Gasteiger partial charge on any atom is -0.493 e. The Morgan fingerprint density at radius 1 is 1.07 bits per heavy atom. The third kappa shape index (κ3) is 5.35. The third-order valence-corrected chi connectivity index (χ3v) is 4.22. The Balaban J connectivity index is 1.68. The molecule has 148 valence electrons. The zero-order chi connectivity index (χ0) is 20.6. The van der Waals surface area contributed by atoms with Crippen molar-refractivity contribution in [1.82, 2.24) is 0 Å². The predicted octanol–water partition coefficient (Wildman–Crippen LogP) is 4.73. The Hall–Kier alpha value is -3.80. The minimum atomic E-state index is -1.01. The van der Waals surface area contributed by atoms with Gasteiger partial charge in [-0.1, -0.05) is 42.0 Å². The van der Waals surface area contributed by atoms with E-state index in [0.717, 1.165) is 11.1 Å². The van der Waals surface area contributed by atoms with Crippen molar-refractivity contribution in [3.05, 3.63) is 89.0 Å². The number of aryl methyl sites for hydroxylation is 1. The lowest BCUT2D eigenvalue weighted by Crippen LogP contribution is -2.02. The van der Waals surface area contributed by atoms with Gasteiger partial charge in [0, 0.05) is 0 Å². The number of ether oxygens (including phenoxy) is 2. The Kier molecular flexibility index (Phi) is 6.47. The summed E-state index contributed by atoms with van der Waals surface area (Å²) in [6.45, 7) is 2.49. The fourth-order valence-corrected chi connectivity index (χ4v) is 2.79. The van der Waals surface area contributed by atoms with E-state index < -0.39 is 5.97 Å². The second-order valence-electron chi connectivity index (χ2n) is 6.41. The number of carbonyl (C=O) groups is 1. The van der Waals surface area contributed by atoms with E-state index in [4.69, 9.17) is 9.47 Å². The molecule has 0 atom stereocenters. The first-order valence-corrected chi connectivity index (χ1v) is 9.04. The number of aromatic carboxylic acids is 1. The highest BCUT2D eigenvalue weighted by molar-refractivity contribution is 5.94. The van der Waals surface area contributed by atoms with Gasteiger partial charge in [0.2, 0.25) is 0 Å². The summed E-state index contributed by atoms with van der Waals surface area (Å²) < 4.78 is 11.3. The molecule has 0 aliphatic heterocycles. The number of rotatable bonds is 8. The van der Waals surface area contributed by atoms with Crippen LogP contribution in [0.5, 0.6) is 11.5 Å². The van der Waals surface area contributed by atoms with E-state index in [0.29, 0.717) is 23.8 Å². The van der Waals surface area contributed by atoms with Crippen molar-refractivity contribution >= 4 is 17.9 Å². The summed E-state index contributed by atoms with van der Waals surface area (Å²) >= 11 is 0. The van der Waals surface area contributed by atoms with Crippen LogP contribution in [0.2, 0.25) is 0 Å². The average molecular weight is 390 g/mol. The number of anilines is 1. The monoisotopic (exact) mass is 390 g/mol. The number of nitrogens with zero attached hydrogens (tertiary/aromatic N) is 1. The topological polar surface area (TPSA) is 80.2 Å². The Morgan fingerprint density at radius 3 is 2.66 bits per heavy atom. The van der Waals surface area contributed by atoms with Gasteiger partial charge in [-0.15, -0.1) is 0 Å². The summed E-state index contributed by atoms with van der Waals surface area (Å²) in [7, 11) is 1.58. The minimum absolute atomic E-state index is 0.155. The van der Waals surface area contributed by atoms with Gasteiger partial charge in [-0.2, -0.15) is 5.10 Å². The second kappa shape index (κ2) is 9.41. The molecule has 0 saturated heterocycles. The molecule has 0 aliphatic carbocycles. The molecule has 0 aliphatic rings. The number of hydrogen-bond donors (Lipinski definition) is 2. The summed E-state index contributed by atoms with van der Waals surface area (Å²) in [6.07, 6.45) is 1.59. The number of hydrazone groups is 1. The second-order valence-corrected chi connectivity index (χ2v) is 6.41. The number of carboxylic acids is 1. The lowest BCUT2D eigenvalue weighted by atomic mass is 10.1. The van der Waals surface area contributed by atoms with Crippen molar-refractivity contribution in [3.8, 4) is 11.5 Å². The van der Waals surface area contributed by atoms with Crippen molar-refractivity contribution in [2.24, 2.45) is 5.10 Å². The highest BCUT2D eigenvalue weighted by atomic mass is 16.5. The lowest BCUT2D eigenvalue weighted by molar-refractivity contribution is 0.0698. The molecule has 29 heavy (non-hydrogen) atoms. The molecule has 0 saturated carbocycles. The molecule has 6 heteroatoms. The lowest BCUT2D eigenvalue weighted by Gasteiger charge is -2.11. The fraction of sp³-hybridized carbons (Fsp3) is 0.130. The molecular weight excluding hydrogens is 368 g/mol. The summed E-state index contributed by atoms with van der Waals surface area (Å²) in [5.41, 5.74) is 6.38. The largest absolute Gasteiger partial charge is 0.493 e. The van der Waals surface area contributed by atoms with Gasteiger partial charge in [-0.05, 0) is 48.4 Å². The summed E-state index contributed by atoms with van der Waals surface area (Å²) in [5, 5.41) is 13.3. The van der Waals surface area contributed by atoms with Crippen LogP contribution < -0.4 is 14.9 Å². The molecule has 3 rings (SSSR count). The standard InChI is InChI=1S/C23H22N2O4/c1-16-6-5-7-18(12-16)15-29-21-11-10-17(13-22(21)28-2)14-24-25-20-9-4-3-8-19(20)23(26)27/h3-14,25H,15H2,1-2H3,(H,26,27)/b24-14+. The van der Waals surface area contributed by atoms with Crippen LogP contribution in [0.4, 0.5) is 5.69 Å². The number of benzene rings is 3. The van der Waals surface area contributed by atoms with E-state index in [-0.39, 0.29) is 5.56 Å². The van der Waals surface area contributed by atoms with Crippen LogP contribution in [0, 0.1) is 6.92 Å². The van der Waals surface area contributed by atoms with Crippen LogP contribution >= 0.6 is 0 Å². The van der Waals surface area contributed by atoms with Crippen LogP contribution in [0.15, 0.2) is 71.8 Å². The molecular formula is C23H22N2O4. The molecule has 0 aromatic heterocycles. The molecule has 0 unspecified atom stereocenters. The Morgan fingerprint density at radius 2 is 1.90 bits per heavy atom. The quantitative estimate of drug-likeness (QED) is 0.429. The summed E-state index contributed by atoms with van der Waals surface area (Å²) in [4.78, 5) is 11.2. The molecule has 0 heterocycles. The molecule has 0 fully saturated rings. The Bertz CT molecular complexity index is 1030. The van der Waals surface area contributed by atoms with Gasteiger partial charge >= 0.3 is 5.97 Å². The maximum absolute atomic E-state index is 11.2. The van der Waals surface area contributed by atoms with Crippen LogP contribution in [0.3, 0.4) is 0 Å². The highest BCUT2D eigenvalue weighted by Gasteiger charge is 2.08. The normalized spacial score (nSPS) is 10.7. The maximum Gasteiger partial charge on any atom is 0.337 e. The van der Waals surface area contributed by atoms with E-state index in [1.54, 1.807) is 37.6 Å². The third-order valence-electron chi connectivity index (χ3n) is 4.22. The SMILES string of the molecule is COc1cc(/C=N/Nc2ccccc2C(=O)O)ccc1OCc1cccc(C)c1. The molecule has 0 radical (unpaired) electrons. The first-order chi connectivity index (χ1) is 14.1. The summed E-state index contributed by atoms with van der Waals surface area (Å²) in [6, 6.07) is 20.2. The van der Waals surface area contributed by atoms with Gasteiger partial charge in [0.1, 0.15) is 6.61 Å². The fourth-order valence-electron chi connectivity index (χ4n) is 2.79. The van der Waals surface area contributed by atoms with Gasteiger partial charge in [0.15, 0.2) is 11.5 Å². The van der Waals surface area contributed by atoms with E-state index in [1.165, 1.54) is 11.6 Å². The van der Waals surface area contributed by atoms with Gasteiger partial charge < -0.3 is 14.6 Å². The van der Waals surface area contributed by atoms with Gasteiger partial charge in [0.05, 0.1) is 24.6 Å². The molecule has 0 spiro atoms. The van der Waals surface area contributed by atoms with Crippen molar-refractivity contribution in [2.45, 2.75) is 13.5 Å². The first kappa shape index (κ1) is 19.9. The molecule has 2 N–H and O–H groups in total. The zero-order valence-corrected chi connectivity index (χ0v) is 16.3. The van der Waals surface area contributed by atoms with Crippen LogP contribution in [0.25, 0.3) is 0 Å². The van der Waals surface area contributed by atoms with Gasteiger partial charge in [-0.3, -0.25) is 5.43 Å². The Labute approximate surface area is 169 Å². The molecule has 0 amide bonds. The van der Waals surface area contributed by atoms with E-state index in [9.17, 15) is 9.90 Å². The molecule has 0 bridgehead atoms. The number of hydrogen-bond acceptors (Lipinski definition) is 5. The van der Waals surface area contributed by atoms with Crippen molar-refractivity contribution < 1.29 is 19.4 Å². The van der Waals surface area contributed by atoms with Gasteiger partial charge in [0.25, 0.3) is 0 Å². The van der Waals surface area contributed by atoms with Crippen molar-refractivity contribution in [3.63, 3.8) is 0 Å². The summed E-state index contributed by atoms with van der Waals surface area (Å²) in [5.74, 6) is 0.211. The van der Waals surface area contributed by atoms with E-state index >= 15 is 0 Å². The molecule has 6 nitrogen and oxygen atoms in total. The van der Waals surface area contributed by atoms with Crippen LogP contribution in [-0.4, -0.2) is 24.4 Å². The predicted molar refractivity (Wildman–Crippen MR) is 113 cm³/mol. The molecule has 3 aromatic rings. The maximum atomic E-state index is 11.2. The zero-order valence-electron chi connectivity index (χ0n) is 16.3. The van der Waals surface area contributed by atoms with Crippen molar-refractivity contribution in [2.75, 3.05) is 12.5 Å². The number of para-hydroxylation sites is 1. The smallest absolute Gasteiger partial charge is 0.337 e. The van der Waals surface area contributed by atoms with E-state index in [1.807, 2.05) is 37.3 Å². The number of carboxylic acid groups (broad SMARTS) is 1. The first-order valence-electron chi connectivity index (χ1n) is 9.04. The average Bonchev–Trinajstić information content (AvgIpc) is 2.73. The van der Waals surface area contributed by atoms with Crippen molar-refractivity contribution in [1.29, 1.82) is 0 Å². The van der Waals surface area contributed by atoms with E-state index in [2.05, 4.69) is 16.6 Å². The van der Waals surface area contributed by atoms with Crippen LogP contribution in [-0.2, 0) is 6.61 Å². The van der Waals surface area contributed by atoms with Gasteiger partial charge in [-0.25, -0.2) is 4.79 Å². The van der Waals surface area contributed by atoms with Crippen LogP contribution in [0.1, 0.15) is 27.0 Å². The highest BCUT2D eigenvalue weighted by Crippen LogP contribution is 2.28. The number of methoxy groups -OCH3 is 1. The molecule has 3 aromatic carbocycles.